The van der Waals surface area contributed by atoms with Gasteiger partial charge < -0.3 is 20.7 Å². The summed E-state index contributed by atoms with van der Waals surface area (Å²) in [5.41, 5.74) is 2.10. The van der Waals surface area contributed by atoms with Crippen molar-refractivity contribution in [3.05, 3.63) is 64.7 Å². The normalized spacial score (nSPS) is 10.6. The van der Waals surface area contributed by atoms with Crippen molar-refractivity contribution in [3.63, 3.8) is 0 Å². The van der Waals surface area contributed by atoms with Gasteiger partial charge in [0.1, 0.15) is 5.75 Å². The highest BCUT2D eigenvalue weighted by molar-refractivity contribution is 14.0. The molecule has 0 heterocycles. The van der Waals surface area contributed by atoms with Gasteiger partial charge in [0.05, 0.1) is 0 Å². The van der Waals surface area contributed by atoms with E-state index in [1.54, 1.807) is 7.05 Å². The van der Waals surface area contributed by atoms with Crippen LogP contribution in [0.2, 0.25) is 5.02 Å². The van der Waals surface area contributed by atoms with Gasteiger partial charge in [0.2, 0.25) is 0 Å². The van der Waals surface area contributed by atoms with Crippen LogP contribution < -0.4 is 20.7 Å². The predicted molar refractivity (Wildman–Crippen MR) is 125 cm³/mol. The van der Waals surface area contributed by atoms with Gasteiger partial charge in [-0.3, -0.25) is 9.79 Å². The van der Waals surface area contributed by atoms with E-state index in [0.717, 1.165) is 11.1 Å². The lowest BCUT2D eigenvalue weighted by molar-refractivity contribution is -0.122. The van der Waals surface area contributed by atoms with E-state index >= 15 is 0 Å². The molecule has 0 radical (unpaired) electrons. The van der Waals surface area contributed by atoms with Crippen LogP contribution in [0.3, 0.4) is 0 Å². The van der Waals surface area contributed by atoms with Crippen LogP contribution in [-0.4, -0.2) is 32.1 Å². The maximum atomic E-state index is 11.5. The first-order valence-electron chi connectivity index (χ1n) is 8.78. The van der Waals surface area contributed by atoms with Crippen molar-refractivity contribution in [1.82, 2.24) is 16.0 Å². The number of benzene rings is 2. The summed E-state index contributed by atoms with van der Waals surface area (Å²) in [6, 6.07) is 15.3. The molecule has 2 aromatic rings. The minimum Gasteiger partial charge on any atom is -0.484 e. The van der Waals surface area contributed by atoms with Crippen molar-refractivity contribution in [3.8, 4) is 5.75 Å². The van der Waals surface area contributed by atoms with Crippen LogP contribution in [0, 0.1) is 0 Å². The summed E-state index contributed by atoms with van der Waals surface area (Å²) in [6.45, 7) is 3.67. The monoisotopic (exact) mass is 516 g/mol. The first-order valence-corrected chi connectivity index (χ1v) is 9.16. The van der Waals surface area contributed by atoms with Crippen LogP contribution in [0.1, 0.15) is 18.1 Å². The van der Waals surface area contributed by atoms with Crippen molar-refractivity contribution in [2.24, 2.45) is 4.99 Å². The summed E-state index contributed by atoms with van der Waals surface area (Å²) in [4.78, 5) is 15.7. The molecule has 0 aromatic heterocycles. The van der Waals surface area contributed by atoms with E-state index in [9.17, 15) is 4.79 Å². The second-order valence-electron chi connectivity index (χ2n) is 5.80. The smallest absolute Gasteiger partial charge is 0.257 e. The number of aliphatic imine (C=N–C) groups is 1. The molecule has 28 heavy (non-hydrogen) atoms. The van der Waals surface area contributed by atoms with Gasteiger partial charge in [-0.1, -0.05) is 35.9 Å². The summed E-state index contributed by atoms with van der Waals surface area (Å²) in [5.74, 6) is 1.21. The predicted octanol–water partition coefficient (Wildman–Crippen LogP) is 3.34. The van der Waals surface area contributed by atoms with E-state index < -0.39 is 0 Å². The van der Waals surface area contributed by atoms with Gasteiger partial charge in [0.15, 0.2) is 12.6 Å². The van der Waals surface area contributed by atoms with Crippen LogP contribution >= 0.6 is 35.6 Å². The number of guanidine groups is 1. The number of rotatable bonds is 8. The minimum atomic E-state index is -0.133. The van der Waals surface area contributed by atoms with Crippen molar-refractivity contribution in [2.45, 2.75) is 20.0 Å². The van der Waals surface area contributed by atoms with Crippen LogP contribution in [0.4, 0.5) is 0 Å². The Bertz CT molecular complexity index is 786. The molecule has 8 heteroatoms. The number of ether oxygens (including phenoxy) is 1. The summed E-state index contributed by atoms with van der Waals surface area (Å²) in [6.07, 6.45) is 0. The summed E-state index contributed by atoms with van der Waals surface area (Å²) >= 11 is 6.00. The van der Waals surface area contributed by atoms with E-state index in [1.807, 2.05) is 55.5 Å². The molecule has 2 rings (SSSR count). The number of carbonyl (C=O) groups excluding carboxylic acids is 1. The molecule has 0 saturated heterocycles. The van der Waals surface area contributed by atoms with Gasteiger partial charge in [-0.15, -0.1) is 24.0 Å². The molecule has 0 bridgehead atoms. The molecule has 2 aromatic carbocycles. The number of hydrogen-bond acceptors (Lipinski definition) is 3. The summed E-state index contributed by atoms with van der Waals surface area (Å²) in [7, 11) is 1.72. The molecule has 0 aliphatic rings. The van der Waals surface area contributed by atoms with Crippen LogP contribution in [0.25, 0.3) is 0 Å². The topological polar surface area (TPSA) is 74.8 Å². The van der Waals surface area contributed by atoms with E-state index in [1.165, 1.54) is 0 Å². The van der Waals surface area contributed by atoms with Crippen molar-refractivity contribution < 1.29 is 9.53 Å². The van der Waals surface area contributed by atoms with E-state index in [2.05, 4.69) is 20.9 Å². The maximum Gasteiger partial charge on any atom is 0.257 e. The van der Waals surface area contributed by atoms with Crippen molar-refractivity contribution in [1.29, 1.82) is 0 Å². The number of nitrogens with one attached hydrogen (secondary N) is 3. The van der Waals surface area contributed by atoms with Crippen LogP contribution in [0.5, 0.6) is 5.75 Å². The number of nitrogens with zero attached hydrogens (tertiary/aromatic N) is 1. The van der Waals surface area contributed by atoms with Crippen molar-refractivity contribution in [2.75, 3.05) is 20.2 Å². The zero-order valence-electron chi connectivity index (χ0n) is 16.0. The highest BCUT2D eigenvalue weighted by Crippen LogP contribution is 2.13. The Morgan fingerprint density at radius 3 is 2.29 bits per heavy atom. The fourth-order valence-electron chi connectivity index (χ4n) is 2.38. The fourth-order valence-corrected chi connectivity index (χ4v) is 2.59. The highest BCUT2D eigenvalue weighted by atomic mass is 127. The Balaban J connectivity index is 0.00000392. The lowest BCUT2D eigenvalue weighted by Gasteiger charge is -2.13. The van der Waals surface area contributed by atoms with Crippen LogP contribution in [-0.2, 0) is 17.9 Å². The molecule has 0 aliphatic carbocycles. The third-order valence-corrected chi connectivity index (χ3v) is 3.91. The molecule has 0 fully saturated rings. The SMILES string of the molecule is CCNC(=O)COc1cccc(CNC(=NC)NCc2cccc(Cl)c2)c1.I. The van der Waals surface area contributed by atoms with Crippen molar-refractivity contribution >= 4 is 47.4 Å². The largest absolute Gasteiger partial charge is 0.484 e. The van der Waals surface area contributed by atoms with E-state index in [-0.39, 0.29) is 36.5 Å². The Labute approximate surface area is 188 Å². The highest BCUT2D eigenvalue weighted by Gasteiger charge is 2.03. The fraction of sp³-hybridized carbons (Fsp3) is 0.300. The van der Waals surface area contributed by atoms with E-state index in [4.69, 9.17) is 16.3 Å². The summed E-state index contributed by atoms with van der Waals surface area (Å²) < 4.78 is 5.51. The number of hydrogen-bond donors (Lipinski definition) is 3. The Morgan fingerprint density at radius 1 is 1.04 bits per heavy atom. The number of likely N-dealkylation sites (N-methyl/N-ethyl adjacent to an activating group) is 1. The molecule has 0 aliphatic heterocycles. The Morgan fingerprint density at radius 2 is 1.68 bits per heavy atom. The van der Waals surface area contributed by atoms with Gasteiger partial charge in [-0.2, -0.15) is 0 Å². The molecule has 3 N–H and O–H groups in total. The molecule has 0 saturated carbocycles. The molecular formula is C20H26ClIN4O2. The molecule has 0 unspecified atom stereocenters. The second-order valence-corrected chi connectivity index (χ2v) is 6.24. The first kappa shape index (κ1) is 24.0. The van der Waals surface area contributed by atoms with Gasteiger partial charge >= 0.3 is 0 Å². The maximum absolute atomic E-state index is 11.5. The average molecular weight is 517 g/mol. The molecule has 0 atom stereocenters. The van der Waals surface area contributed by atoms with Crippen LogP contribution in [0.15, 0.2) is 53.5 Å². The molecule has 152 valence electrons. The lowest BCUT2D eigenvalue weighted by Crippen LogP contribution is -2.36. The first-order chi connectivity index (χ1) is 13.1. The molecule has 6 nitrogen and oxygen atoms in total. The Hall–Kier alpha value is -2.00. The zero-order valence-corrected chi connectivity index (χ0v) is 19.1. The minimum absolute atomic E-state index is 0. The third kappa shape index (κ3) is 8.79. The third-order valence-electron chi connectivity index (χ3n) is 3.67. The quantitative estimate of drug-likeness (QED) is 0.286. The molecule has 1 amide bonds. The number of amides is 1. The average Bonchev–Trinajstić information content (AvgIpc) is 2.67. The Kier molecular flexibility index (Phi) is 11.4. The standard InChI is InChI=1S/C20H25ClN4O2.HI/c1-3-23-19(26)14-27-18-9-5-7-16(11-18)13-25-20(22-2)24-12-15-6-4-8-17(21)10-15;/h4-11H,3,12-14H2,1-2H3,(H,23,26)(H2,22,24,25);1H. The van der Waals surface area contributed by atoms with Gasteiger partial charge in [-0.05, 0) is 42.3 Å². The summed E-state index contributed by atoms with van der Waals surface area (Å²) in [5, 5.41) is 9.91. The van der Waals surface area contributed by atoms with Gasteiger partial charge in [0, 0.05) is 31.7 Å². The zero-order chi connectivity index (χ0) is 19.5. The number of halogens is 2. The number of carbonyl (C=O) groups is 1. The lowest BCUT2D eigenvalue weighted by atomic mass is 10.2. The van der Waals surface area contributed by atoms with Gasteiger partial charge in [0.25, 0.3) is 5.91 Å². The molecule has 0 spiro atoms. The molecular weight excluding hydrogens is 491 g/mol. The van der Waals surface area contributed by atoms with Gasteiger partial charge in [-0.25, -0.2) is 0 Å². The van der Waals surface area contributed by atoms with E-state index in [0.29, 0.717) is 36.4 Å². The second kappa shape index (κ2) is 13.2.